The number of hydrogen-bond donors (Lipinski definition) is 2. The summed E-state index contributed by atoms with van der Waals surface area (Å²) in [5.41, 5.74) is 1.18. The zero-order chi connectivity index (χ0) is 15.2. The van der Waals surface area contributed by atoms with E-state index in [9.17, 15) is 15.0 Å². The standard InChI is InChI=1S/C15H20O5S/c1-10(16)19-8-13-14(7-12(17)15(18)20-13)21-9-11-5-3-2-4-6-11/h2-6,12-15,17-18H,7-9H2,1H3/t12-,13-,14-,15+/m1/s1. The second-order valence-electron chi connectivity index (χ2n) is 5.01. The van der Waals surface area contributed by atoms with E-state index in [1.54, 1.807) is 11.8 Å². The summed E-state index contributed by atoms with van der Waals surface area (Å²) < 4.78 is 10.3. The Bertz CT molecular complexity index is 453. The molecule has 6 heteroatoms. The predicted octanol–water partition coefficient (Wildman–Crippen LogP) is 1.32. The maximum atomic E-state index is 10.9. The van der Waals surface area contributed by atoms with Crippen LogP contribution in [-0.2, 0) is 20.0 Å². The molecule has 4 atom stereocenters. The normalized spacial score (nSPS) is 29.1. The molecule has 1 aliphatic rings. The van der Waals surface area contributed by atoms with E-state index in [-0.39, 0.29) is 17.8 Å². The minimum atomic E-state index is -1.22. The van der Waals surface area contributed by atoms with Gasteiger partial charge >= 0.3 is 5.97 Å². The van der Waals surface area contributed by atoms with Crippen molar-refractivity contribution in [2.45, 2.75) is 42.8 Å². The molecule has 2 rings (SSSR count). The van der Waals surface area contributed by atoms with Gasteiger partial charge in [-0.15, -0.1) is 0 Å². The molecule has 1 fully saturated rings. The Labute approximate surface area is 128 Å². The van der Waals surface area contributed by atoms with Gasteiger partial charge in [-0.1, -0.05) is 30.3 Å². The fourth-order valence-electron chi connectivity index (χ4n) is 2.16. The first kappa shape index (κ1) is 16.3. The predicted molar refractivity (Wildman–Crippen MR) is 79.7 cm³/mol. The van der Waals surface area contributed by atoms with Gasteiger partial charge in [0.1, 0.15) is 18.8 Å². The van der Waals surface area contributed by atoms with Crippen LogP contribution >= 0.6 is 11.8 Å². The van der Waals surface area contributed by atoms with Crippen molar-refractivity contribution in [3.63, 3.8) is 0 Å². The number of aliphatic hydroxyl groups is 2. The minimum absolute atomic E-state index is 0.0389. The van der Waals surface area contributed by atoms with Gasteiger partial charge in [-0.2, -0.15) is 11.8 Å². The summed E-state index contributed by atoms with van der Waals surface area (Å²) in [5, 5.41) is 19.3. The van der Waals surface area contributed by atoms with Crippen LogP contribution in [0.25, 0.3) is 0 Å². The largest absolute Gasteiger partial charge is 0.463 e. The molecule has 2 N–H and O–H groups in total. The van der Waals surface area contributed by atoms with Crippen LogP contribution in [0.5, 0.6) is 0 Å². The van der Waals surface area contributed by atoms with E-state index in [2.05, 4.69) is 0 Å². The van der Waals surface area contributed by atoms with Gasteiger partial charge in [0.15, 0.2) is 6.29 Å². The second kappa shape index (κ2) is 7.79. The lowest BCUT2D eigenvalue weighted by Crippen LogP contribution is -2.48. The van der Waals surface area contributed by atoms with E-state index < -0.39 is 18.5 Å². The Hall–Kier alpha value is -1.08. The topological polar surface area (TPSA) is 76.0 Å². The van der Waals surface area contributed by atoms with E-state index >= 15 is 0 Å². The minimum Gasteiger partial charge on any atom is -0.463 e. The quantitative estimate of drug-likeness (QED) is 0.799. The van der Waals surface area contributed by atoms with Gasteiger partial charge in [-0.3, -0.25) is 4.79 Å². The van der Waals surface area contributed by atoms with Crippen molar-refractivity contribution >= 4 is 17.7 Å². The molecular formula is C15H20O5S. The Balaban J connectivity index is 1.93. The van der Waals surface area contributed by atoms with Crippen LogP contribution in [0, 0.1) is 0 Å². The third kappa shape index (κ3) is 5.00. The number of benzene rings is 1. The summed E-state index contributed by atoms with van der Waals surface area (Å²) in [6.07, 6.45) is -2.14. The highest BCUT2D eigenvalue weighted by molar-refractivity contribution is 7.99. The fourth-order valence-corrected chi connectivity index (χ4v) is 3.45. The van der Waals surface area contributed by atoms with Gasteiger partial charge in [0, 0.05) is 17.9 Å². The zero-order valence-corrected chi connectivity index (χ0v) is 12.7. The number of rotatable bonds is 5. The van der Waals surface area contributed by atoms with Gasteiger partial charge in [-0.05, 0) is 12.0 Å². The number of aliphatic hydroxyl groups excluding tert-OH is 2. The summed E-state index contributed by atoms with van der Waals surface area (Å²) >= 11 is 1.63. The van der Waals surface area contributed by atoms with Crippen molar-refractivity contribution in [1.29, 1.82) is 0 Å². The van der Waals surface area contributed by atoms with Crippen LogP contribution in [0.3, 0.4) is 0 Å². The molecule has 116 valence electrons. The Morgan fingerprint density at radius 1 is 1.38 bits per heavy atom. The summed E-state index contributed by atoms with van der Waals surface area (Å²) in [4.78, 5) is 10.9. The average Bonchev–Trinajstić information content (AvgIpc) is 2.47. The zero-order valence-electron chi connectivity index (χ0n) is 11.8. The van der Waals surface area contributed by atoms with Gasteiger partial charge in [-0.25, -0.2) is 0 Å². The SMILES string of the molecule is CC(=O)OC[C@H]1O[C@H](O)[C@H](O)C[C@H]1SCc1ccccc1. The molecule has 0 spiro atoms. The lowest BCUT2D eigenvalue weighted by atomic mass is 10.1. The summed E-state index contributed by atoms with van der Waals surface area (Å²) in [6, 6.07) is 9.97. The van der Waals surface area contributed by atoms with Crippen molar-refractivity contribution in [2.75, 3.05) is 6.61 Å². The van der Waals surface area contributed by atoms with Crippen LogP contribution < -0.4 is 0 Å². The van der Waals surface area contributed by atoms with Gasteiger partial charge in [0.2, 0.25) is 0 Å². The highest BCUT2D eigenvalue weighted by atomic mass is 32.2. The smallest absolute Gasteiger partial charge is 0.302 e. The number of thioether (sulfide) groups is 1. The molecule has 5 nitrogen and oxygen atoms in total. The fraction of sp³-hybridized carbons (Fsp3) is 0.533. The van der Waals surface area contributed by atoms with Crippen LogP contribution in [0.2, 0.25) is 0 Å². The Morgan fingerprint density at radius 2 is 2.10 bits per heavy atom. The number of carbonyl (C=O) groups is 1. The van der Waals surface area contributed by atoms with E-state index in [0.29, 0.717) is 6.42 Å². The Kier molecular flexibility index (Phi) is 6.05. The number of ether oxygens (including phenoxy) is 2. The molecule has 1 aromatic rings. The van der Waals surface area contributed by atoms with Gasteiger partial charge in [0.25, 0.3) is 0 Å². The van der Waals surface area contributed by atoms with Gasteiger partial charge < -0.3 is 19.7 Å². The molecule has 0 saturated carbocycles. The van der Waals surface area contributed by atoms with Crippen LogP contribution in [0.1, 0.15) is 18.9 Å². The molecule has 0 aromatic heterocycles. The monoisotopic (exact) mass is 312 g/mol. The van der Waals surface area contributed by atoms with Crippen LogP contribution in [-0.4, -0.2) is 46.5 Å². The van der Waals surface area contributed by atoms with E-state index in [1.165, 1.54) is 12.5 Å². The maximum Gasteiger partial charge on any atom is 0.302 e. The maximum absolute atomic E-state index is 10.9. The molecular weight excluding hydrogens is 292 g/mol. The third-order valence-electron chi connectivity index (χ3n) is 3.29. The molecule has 1 saturated heterocycles. The molecule has 0 amide bonds. The highest BCUT2D eigenvalue weighted by Gasteiger charge is 2.37. The first-order valence-corrected chi connectivity index (χ1v) is 7.91. The van der Waals surface area contributed by atoms with Crippen LogP contribution in [0.4, 0.5) is 0 Å². The summed E-state index contributed by atoms with van der Waals surface area (Å²) in [7, 11) is 0. The summed E-state index contributed by atoms with van der Waals surface area (Å²) in [6.45, 7) is 1.42. The lowest BCUT2D eigenvalue weighted by Gasteiger charge is -2.36. The molecule has 0 aliphatic carbocycles. The van der Waals surface area contributed by atoms with E-state index in [4.69, 9.17) is 9.47 Å². The molecule has 1 aromatic carbocycles. The van der Waals surface area contributed by atoms with Crippen molar-refractivity contribution in [2.24, 2.45) is 0 Å². The van der Waals surface area contributed by atoms with Crippen molar-refractivity contribution < 1.29 is 24.5 Å². The number of carbonyl (C=O) groups excluding carboxylic acids is 1. The number of esters is 1. The number of hydrogen-bond acceptors (Lipinski definition) is 6. The molecule has 0 unspecified atom stereocenters. The third-order valence-corrected chi connectivity index (χ3v) is 4.71. The van der Waals surface area contributed by atoms with E-state index in [0.717, 1.165) is 5.75 Å². The summed E-state index contributed by atoms with van der Waals surface area (Å²) in [5.74, 6) is 0.389. The molecule has 21 heavy (non-hydrogen) atoms. The molecule has 0 radical (unpaired) electrons. The average molecular weight is 312 g/mol. The van der Waals surface area contributed by atoms with Crippen molar-refractivity contribution in [1.82, 2.24) is 0 Å². The molecule has 1 heterocycles. The first-order chi connectivity index (χ1) is 10.1. The Morgan fingerprint density at radius 3 is 2.76 bits per heavy atom. The van der Waals surface area contributed by atoms with E-state index in [1.807, 2.05) is 30.3 Å². The highest BCUT2D eigenvalue weighted by Crippen LogP contribution is 2.31. The van der Waals surface area contributed by atoms with Crippen molar-refractivity contribution in [3.05, 3.63) is 35.9 Å². The first-order valence-electron chi connectivity index (χ1n) is 6.86. The van der Waals surface area contributed by atoms with Crippen LogP contribution in [0.15, 0.2) is 30.3 Å². The van der Waals surface area contributed by atoms with Gasteiger partial charge in [0.05, 0.1) is 0 Å². The molecule has 0 bridgehead atoms. The lowest BCUT2D eigenvalue weighted by molar-refractivity contribution is -0.221. The second-order valence-corrected chi connectivity index (χ2v) is 6.23. The molecule has 1 aliphatic heterocycles. The van der Waals surface area contributed by atoms with Crippen molar-refractivity contribution in [3.8, 4) is 0 Å².